The molecule has 1 saturated heterocycles. The van der Waals surface area contributed by atoms with Crippen LogP contribution in [0.25, 0.3) is 0 Å². The molecule has 1 amide bonds. The van der Waals surface area contributed by atoms with Gasteiger partial charge in [0.1, 0.15) is 0 Å². The number of fused-ring (bicyclic) bond motifs is 2. The van der Waals surface area contributed by atoms with Gasteiger partial charge in [0.2, 0.25) is 5.91 Å². The maximum atomic E-state index is 11.3. The fourth-order valence-electron chi connectivity index (χ4n) is 4.25. The standard InChI is InChI=1S/C16H26N2O/c1-11(16-10-13-3-4-14(16)9-13)17-15-5-7-18(8-6-15)12(2)19/h3-4,11,13-17H,5-10H2,1-2H3. The molecule has 1 N–H and O–H groups in total. The minimum Gasteiger partial charge on any atom is -0.343 e. The number of carbonyl (C=O) groups excluding carboxylic acids is 1. The van der Waals surface area contributed by atoms with Crippen molar-refractivity contribution in [2.24, 2.45) is 17.8 Å². The van der Waals surface area contributed by atoms with Crippen LogP contribution in [0.1, 0.15) is 39.5 Å². The molecule has 1 saturated carbocycles. The zero-order valence-electron chi connectivity index (χ0n) is 12.1. The topological polar surface area (TPSA) is 32.3 Å². The van der Waals surface area contributed by atoms with E-state index < -0.39 is 0 Å². The third-order valence-electron chi connectivity index (χ3n) is 5.41. The van der Waals surface area contributed by atoms with E-state index in [9.17, 15) is 4.79 Å². The first-order valence-corrected chi connectivity index (χ1v) is 7.83. The van der Waals surface area contributed by atoms with Crippen LogP contribution in [-0.2, 0) is 4.79 Å². The molecule has 0 aromatic rings. The first-order valence-electron chi connectivity index (χ1n) is 7.83. The number of likely N-dealkylation sites (tertiary alicyclic amines) is 1. The maximum Gasteiger partial charge on any atom is 0.219 e. The Balaban J connectivity index is 1.47. The fourth-order valence-corrected chi connectivity index (χ4v) is 4.25. The van der Waals surface area contributed by atoms with E-state index in [0.717, 1.165) is 43.7 Å². The minimum atomic E-state index is 0.227. The van der Waals surface area contributed by atoms with Gasteiger partial charge in [0, 0.05) is 32.1 Å². The minimum absolute atomic E-state index is 0.227. The Morgan fingerprint density at radius 1 is 1.26 bits per heavy atom. The molecule has 3 nitrogen and oxygen atoms in total. The van der Waals surface area contributed by atoms with Crippen molar-refractivity contribution < 1.29 is 4.79 Å². The quantitative estimate of drug-likeness (QED) is 0.791. The molecular formula is C16H26N2O. The Bertz CT molecular complexity index is 371. The molecule has 4 atom stereocenters. The SMILES string of the molecule is CC(=O)N1CCC(NC(C)C2CC3C=CC2C3)CC1. The summed E-state index contributed by atoms with van der Waals surface area (Å²) in [6, 6.07) is 1.22. The number of rotatable bonds is 3. The van der Waals surface area contributed by atoms with Crippen LogP contribution in [0.2, 0.25) is 0 Å². The fraction of sp³-hybridized carbons (Fsp3) is 0.812. The van der Waals surface area contributed by atoms with Gasteiger partial charge in [-0.2, -0.15) is 0 Å². The summed E-state index contributed by atoms with van der Waals surface area (Å²) < 4.78 is 0. The summed E-state index contributed by atoms with van der Waals surface area (Å²) in [5.41, 5.74) is 0. The lowest BCUT2D eigenvalue weighted by Crippen LogP contribution is -2.48. The van der Waals surface area contributed by atoms with E-state index in [1.54, 1.807) is 6.92 Å². The van der Waals surface area contributed by atoms with Crippen molar-refractivity contribution >= 4 is 5.91 Å². The molecule has 0 spiro atoms. The Kier molecular flexibility index (Phi) is 3.66. The largest absolute Gasteiger partial charge is 0.343 e. The van der Waals surface area contributed by atoms with Crippen LogP contribution < -0.4 is 5.32 Å². The lowest BCUT2D eigenvalue weighted by atomic mass is 9.86. The lowest BCUT2D eigenvalue weighted by molar-refractivity contribution is -0.129. The Labute approximate surface area is 116 Å². The van der Waals surface area contributed by atoms with Crippen LogP contribution in [0.15, 0.2) is 12.2 Å². The molecule has 1 aliphatic heterocycles. The number of amides is 1. The molecule has 0 radical (unpaired) electrons. The molecule has 3 aliphatic rings. The number of allylic oxidation sites excluding steroid dienone is 2. The summed E-state index contributed by atoms with van der Waals surface area (Å²) in [5, 5.41) is 3.83. The monoisotopic (exact) mass is 262 g/mol. The van der Waals surface area contributed by atoms with Crippen LogP contribution in [0.5, 0.6) is 0 Å². The van der Waals surface area contributed by atoms with Gasteiger partial charge in [-0.05, 0) is 50.4 Å². The Hall–Kier alpha value is -0.830. The van der Waals surface area contributed by atoms with Gasteiger partial charge >= 0.3 is 0 Å². The van der Waals surface area contributed by atoms with Crippen LogP contribution in [0.4, 0.5) is 0 Å². The number of piperidine rings is 1. The highest BCUT2D eigenvalue weighted by Crippen LogP contribution is 2.44. The van der Waals surface area contributed by atoms with E-state index in [1.807, 2.05) is 4.90 Å². The first kappa shape index (κ1) is 13.2. The van der Waals surface area contributed by atoms with Gasteiger partial charge in [0.05, 0.1) is 0 Å². The highest BCUT2D eigenvalue weighted by molar-refractivity contribution is 5.73. The predicted octanol–water partition coefficient (Wildman–Crippen LogP) is 2.19. The second-order valence-corrected chi connectivity index (χ2v) is 6.68. The number of hydrogen-bond donors (Lipinski definition) is 1. The summed E-state index contributed by atoms with van der Waals surface area (Å²) in [6.07, 6.45) is 9.84. The van der Waals surface area contributed by atoms with Gasteiger partial charge in [-0.15, -0.1) is 0 Å². The van der Waals surface area contributed by atoms with E-state index in [-0.39, 0.29) is 5.91 Å². The molecule has 2 fully saturated rings. The zero-order chi connectivity index (χ0) is 13.4. The predicted molar refractivity (Wildman–Crippen MR) is 76.7 cm³/mol. The molecule has 2 bridgehead atoms. The van der Waals surface area contributed by atoms with E-state index in [0.29, 0.717) is 12.1 Å². The normalized spacial score (nSPS) is 35.9. The van der Waals surface area contributed by atoms with E-state index in [2.05, 4.69) is 24.4 Å². The molecule has 2 aliphatic carbocycles. The molecule has 3 heteroatoms. The second kappa shape index (κ2) is 5.28. The average molecular weight is 262 g/mol. The first-order chi connectivity index (χ1) is 9.13. The summed E-state index contributed by atoms with van der Waals surface area (Å²) in [7, 11) is 0. The number of nitrogens with one attached hydrogen (secondary N) is 1. The van der Waals surface area contributed by atoms with Gasteiger partial charge in [0.25, 0.3) is 0 Å². The molecular weight excluding hydrogens is 236 g/mol. The van der Waals surface area contributed by atoms with Crippen LogP contribution in [0, 0.1) is 17.8 Å². The third-order valence-corrected chi connectivity index (χ3v) is 5.41. The molecule has 4 unspecified atom stereocenters. The molecule has 1 heterocycles. The molecule has 3 rings (SSSR count). The van der Waals surface area contributed by atoms with Crippen LogP contribution in [0.3, 0.4) is 0 Å². The Morgan fingerprint density at radius 2 is 2.00 bits per heavy atom. The molecule has 0 aromatic heterocycles. The van der Waals surface area contributed by atoms with Gasteiger partial charge in [-0.1, -0.05) is 12.2 Å². The molecule has 0 aromatic carbocycles. The average Bonchev–Trinajstić information content (AvgIpc) is 3.01. The summed E-state index contributed by atoms with van der Waals surface area (Å²) in [5.74, 6) is 2.74. The zero-order valence-corrected chi connectivity index (χ0v) is 12.1. The van der Waals surface area contributed by atoms with E-state index >= 15 is 0 Å². The second-order valence-electron chi connectivity index (χ2n) is 6.68. The van der Waals surface area contributed by atoms with Crippen LogP contribution in [-0.4, -0.2) is 36.0 Å². The van der Waals surface area contributed by atoms with E-state index in [4.69, 9.17) is 0 Å². The Morgan fingerprint density at radius 3 is 2.53 bits per heavy atom. The summed E-state index contributed by atoms with van der Waals surface area (Å²) in [6.45, 7) is 5.89. The number of hydrogen-bond acceptors (Lipinski definition) is 2. The van der Waals surface area contributed by atoms with Crippen LogP contribution >= 0.6 is 0 Å². The lowest BCUT2D eigenvalue weighted by Gasteiger charge is -2.36. The van der Waals surface area contributed by atoms with Gasteiger partial charge in [0.15, 0.2) is 0 Å². The van der Waals surface area contributed by atoms with Gasteiger partial charge in [-0.3, -0.25) is 4.79 Å². The highest BCUT2D eigenvalue weighted by atomic mass is 16.2. The van der Waals surface area contributed by atoms with E-state index in [1.165, 1.54) is 12.8 Å². The van der Waals surface area contributed by atoms with Crippen molar-refractivity contribution in [2.75, 3.05) is 13.1 Å². The number of carbonyl (C=O) groups is 1. The smallest absolute Gasteiger partial charge is 0.219 e. The highest BCUT2D eigenvalue weighted by Gasteiger charge is 2.39. The molecule has 106 valence electrons. The third kappa shape index (κ3) is 2.71. The maximum absolute atomic E-state index is 11.3. The van der Waals surface area contributed by atoms with Crippen molar-refractivity contribution in [1.82, 2.24) is 10.2 Å². The molecule has 19 heavy (non-hydrogen) atoms. The van der Waals surface area contributed by atoms with Crippen molar-refractivity contribution in [3.8, 4) is 0 Å². The van der Waals surface area contributed by atoms with Crippen molar-refractivity contribution in [1.29, 1.82) is 0 Å². The van der Waals surface area contributed by atoms with Crippen molar-refractivity contribution in [3.63, 3.8) is 0 Å². The van der Waals surface area contributed by atoms with Gasteiger partial charge in [-0.25, -0.2) is 0 Å². The van der Waals surface area contributed by atoms with Crippen molar-refractivity contribution in [3.05, 3.63) is 12.2 Å². The van der Waals surface area contributed by atoms with Crippen molar-refractivity contribution in [2.45, 2.75) is 51.6 Å². The number of nitrogens with zero attached hydrogens (tertiary/aromatic N) is 1. The summed E-state index contributed by atoms with van der Waals surface area (Å²) in [4.78, 5) is 13.3. The summed E-state index contributed by atoms with van der Waals surface area (Å²) >= 11 is 0. The van der Waals surface area contributed by atoms with Gasteiger partial charge < -0.3 is 10.2 Å².